The summed E-state index contributed by atoms with van der Waals surface area (Å²) in [5.74, 6) is -2.68. The summed E-state index contributed by atoms with van der Waals surface area (Å²) in [5.41, 5.74) is 8.80. The van der Waals surface area contributed by atoms with Crippen LogP contribution >= 0.6 is 15.6 Å². The van der Waals surface area contributed by atoms with Crippen molar-refractivity contribution >= 4 is 21.6 Å². The van der Waals surface area contributed by atoms with Crippen molar-refractivity contribution in [1.29, 1.82) is 0 Å². The molecule has 2 rings (SSSR count). The maximum Gasteiger partial charge on any atom is 0.481 e. The largest absolute Gasteiger partial charge is 0.481 e. The highest BCUT2D eigenvalue weighted by molar-refractivity contribution is 7.60. The van der Waals surface area contributed by atoms with Crippen LogP contribution in [-0.2, 0) is 32.2 Å². The van der Waals surface area contributed by atoms with Crippen molar-refractivity contribution in [1.82, 2.24) is 10.2 Å². The fraction of sp³-hybridized carbons (Fsp3) is 0.545. The van der Waals surface area contributed by atoms with Crippen LogP contribution in [0.25, 0.3) is 10.4 Å². The van der Waals surface area contributed by atoms with Crippen LogP contribution < -0.4 is 5.32 Å². The summed E-state index contributed by atoms with van der Waals surface area (Å²) < 4.78 is 41.3. The quantitative estimate of drug-likeness (QED) is 0.133. The van der Waals surface area contributed by atoms with Crippen molar-refractivity contribution in [3.63, 3.8) is 0 Å². The Morgan fingerprint density at radius 3 is 2.66 bits per heavy atom. The van der Waals surface area contributed by atoms with Crippen molar-refractivity contribution in [3.05, 3.63) is 35.1 Å². The summed E-state index contributed by atoms with van der Waals surface area (Å²) in [6, 6.07) is -1.56. The Hall–Kier alpha value is -1.80. The van der Waals surface area contributed by atoms with E-state index in [4.69, 9.17) is 24.8 Å². The number of hydrogen-bond acceptors (Lipinski definition) is 10. The molecule has 0 saturated carbocycles. The number of nitrogens with one attached hydrogen (secondary N) is 1. The molecule has 162 valence electrons. The molecule has 1 unspecified atom stereocenters. The van der Waals surface area contributed by atoms with Gasteiger partial charge in [0.1, 0.15) is 24.6 Å². The van der Waals surface area contributed by atoms with Crippen molar-refractivity contribution in [2.24, 2.45) is 5.11 Å². The number of aliphatic hydroxyl groups is 1. The predicted octanol–water partition coefficient (Wildman–Crippen LogP) is -0.632. The number of hydrogen-bond donors (Lipinski definition) is 5. The maximum atomic E-state index is 11.7. The lowest BCUT2D eigenvalue weighted by molar-refractivity contribution is -0.247. The lowest BCUT2D eigenvalue weighted by atomic mass is 10.0. The minimum atomic E-state index is -5.39. The molecular weight excluding hydrogens is 440 g/mol. The minimum Gasteiger partial charge on any atom is -0.388 e. The van der Waals surface area contributed by atoms with Crippen LogP contribution in [0.2, 0.25) is 0 Å². The Morgan fingerprint density at radius 1 is 1.48 bits per heavy atom. The Balaban J connectivity index is 2.31. The molecule has 0 radical (unpaired) electrons. The number of rotatable bonds is 8. The summed E-state index contributed by atoms with van der Waals surface area (Å²) in [4.78, 5) is 41.8. The van der Waals surface area contributed by atoms with E-state index >= 15 is 0 Å². The Kier molecular flexibility index (Phi) is 6.89. The Labute approximate surface area is 162 Å². The standard InChI is InChI=1S/C11H17N5O11P2/c1-6-13-7(17)3-4-16(6)10-8(18)9(14-15-12)11(24-2,26-10)5-25-29(22,23)27-28(19,20)21/h3-4,8-10,18H,1,5H2,2H3,(H,13,17)(H,22,23)(H2,19,20,21)/t8-,9+,10-,11-/m1/s1. The molecule has 2 heterocycles. The van der Waals surface area contributed by atoms with Crippen LogP contribution in [0.4, 0.5) is 0 Å². The molecule has 0 spiro atoms. The van der Waals surface area contributed by atoms with Crippen LogP contribution in [0, 0.1) is 0 Å². The zero-order chi connectivity index (χ0) is 22.0. The fourth-order valence-corrected chi connectivity index (χ4v) is 4.20. The number of phosphoric ester groups is 1. The average molecular weight is 457 g/mol. The third kappa shape index (κ3) is 5.42. The van der Waals surface area contributed by atoms with E-state index in [1.807, 2.05) is 0 Å². The van der Waals surface area contributed by atoms with Gasteiger partial charge in [0.2, 0.25) is 5.79 Å². The van der Waals surface area contributed by atoms with Crippen LogP contribution in [0.15, 0.2) is 29.8 Å². The summed E-state index contributed by atoms with van der Waals surface area (Å²) in [6.45, 7) is 2.53. The predicted molar refractivity (Wildman–Crippen MR) is 90.7 cm³/mol. The monoisotopic (exact) mass is 457 g/mol. The molecule has 29 heavy (non-hydrogen) atoms. The first-order valence-corrected chi connectivity index (χ1v) is 10.5. The van der Waals surface area contributed by atoms with Crippen molar-refractivity contribution in [3.8, 4) is 0 Å². The summed E-state index contributed by atoms with van der Waals surface area (Å²) in [6.07, 6.45) is -0.680. The van der Waals surface area contributed by atoms with E-state index in [1.165, 1.54) is 6.20 Å². The maximum absolute atomic E-state index is 11.7. The molecule has 2 aliphatic rings. The molecule has 0 aromatic heterocycles. The van der Waals surface area contributed by atoms with Gasteiger partial charge >= 0.3 is 15.6 Å². The normalized spacial score (nSPS) is 31.9. The summed E-state index contributed by atoms with van der Waals surface area (Å²) in [5, 5.41) is 16.3. The molecule has 0 bridgehead atoms. The van der Waals surface area contributed by atoms with Gasteiger partial charge in [-0.05, 0) is 5.53 Å². The van der Waals surface area contributed by atoms with E-state index in [9.17, 15) is 23.9 Å². The van der Waals surface area contributed by atoms with Gasteiger partial charge in [-0.1, -0.05) is 11.7 Å². The molecule has 1 fully saturated rings. The van der Waals surface area contributed by atoms with Gasteiger partial charge in [0, 0.05) is 24.3 Å². The first kappa shape index (κ1) is 23.5. The van der Waals surface area contributed by atoms with Crippen LogP contribution in [0.5, 0.6) is 0 Å². The molecule has 0 aliphatic carbocycles. The van der Waals surface area contributed by atoms with Crippen LogP contribution in [0.3, 0.4) is 0 Å². The van der Waals surface area contributed by atoms with Crippen molar-refractivity contribution < 1.29 is 52.0 Å². The van der Waals surface area contributed by atoms with E-state index in [2.05, 4.69) is 30.8 Å². The molecule has 0 aromatic rings. The Morgan fingerprint density at radius 2 is 2.14 bits per heavy atom. The third-order valence-electron chi connectivity index (χ3n) is 3.79. The van der Waals surface area contributed by atoms with Gasteiger partial charge in [-0.15, -0.1) is 0 Å². The van der Waals surface area contributed by atoms with Gasteiger partial charge in [-0.25, -0.2) is 9.13 Å². The molecule has 18 heteroatoms. The number of ether oxygens (including phenoxy) is 2. The number of azide groups is 1. The first-order valence-electron chi connectivity index (χ1n) is 7.50. The van der Waals surface area contributed by atoms with E-state index < -0.39 is 52.3 Å². The third-order valence-corrected chi connectivity index (χ3v) is 5.92. The molecule has 5 N–H and O–H groups in total. The van der Waals surface area contributed by atoms with E-state index in [1.54, 1.807) is 0 Å². The minimum absolute atomic E-state index is 0.00767. The second kappa shape index (κ2) is 8.52. The number of carbonyl (C=O) groups is 1. The molecule has 2 aliphatic heterocycles. The van der Waals surface area contributed by atoms with E-state index in [0.717, 1.165) is 18.1 Å². The lowest BCUT2D eigenvalue weighted by Gasteiger charge is -2.34. The van der Waals surface area contributed by atoms with E-state index in [-0.39, 0.29) is 5.82 Å². The summed E-state index contributed by atoms with van der Waals surface area (Å²) in [7, 11) is -9.65. The number of nitrogens with zero attached hydrogens (tertiary/aromatic N) is 4. The topological polar surface area (TPSA) is 233 Å². The number of methoxy groups -OCH3 is 1. The molecule has 1 saturated heterocycles. The van der Waals surface area contributed by atoms with Crippen LogP contribution in [-0.4, -0.2) is 68.5 Å². The molecule has 5 atom stereocenters. The second-order valence-corrected chi connectivity index (χ2v) is 8.47. The van der Waals surface area contributed by atoms with Crippen molar-refractivity contribution in [2.45, 2.75) is 24.2 Å². The van der Waals surface area contributed by atoms with Crippen LogP contribution in [0.1, 0.15) is 0 Å². The highest BCUT2D eigenvalue weighted by Gasteiger charge is 2.58. The van der Waals surface area contributed by atoms with Gasteiger partial charge in [-0.2, -0.15) is 4.31 Å². The van der Waals surface area contributed by atoms with Gasteiger partial charge in [-0.3, -0.25) is 9.32 Å². The Bertz CT molecular complexity index is 854. The zero-order valence-corrected chi connectivity index (χ0v) is 16.4. The second-order valence-electron chi connectivity index (χ2n) is 5.64. The summed E-state index contributed by atoms with van der Waals surface area (Å²) >= 11 is 0. The fourth-order valence-electron chi connectivity index (χ4n) is 2.59. The number of amides is 1. The smallest absolute Gasteiger partial charge is 0.388 e. The van der Waals surface area contributed by atoms with Crippen molar-refractivity contribution in [2.75, 3.05) is 13.7 Å². The van der Waals surface area contributed by atoms with Gasteiger partial charge in [0.05, 0.1) is 0 Å². The van der Waals surface area contributed by atoms with Gasteiger partial charge in [0.25, 0.3) is 5.91 Å². The zero-order valence-electron chi connectivity index (χ0n) is 14.6. The molecule has 1 amide bonds. The highest BCUT2D eigenvalue weighted by atomic mass is 31.3. The van der Waals surface area contributed by atoms with E-state index in [0.29, 0.717) is 0 Å². The van der Waals surface area contributed by atoms with Gasteiger partial charge in [0.15, 0.2) is 6.23 Å². The average Bonchev–Trinajstić information content (AvgIpc) is 2.85. The lowest BCUT2D eigenvalue weighted by Crippen LogP contribution is -2.47. The highest BCUT2D eigenvalue weighted by Crippen LogP contribution is 2.58. The molecule has 0 aromatic carbocycles. The number of carbonyl (C=O) groups excluding carboxylic acids is 1. The number of aliphatic hydroxyl groups excluding tert-OH is 1. The number of phosphoric acid groups is 2. The van der Waals surface area contributed by atoms with Gasteiger partial charge < -0.3 is 39.5 Å². The first-order chi connectivity index (χ1) is 13.3. The molecular formula is C11H17N5O11P2. The molecule has 16 nitrogen and oxygen atoms in total. The SMILES string of the molecule is C=C1NC(=O)C=CN1[C@@H]1O[C@@](COP(=O)(O)OP(=O)(O)O)(OC)[C@@H](N=[N+]=[N-])[C@H]1O.